The third-order valence-electron chi connectivity index (χ3n) is 7.52. The van der Waals surface area contributed by atoms with Crippen molar-refractivity contribution in [3.63, 3.8) is 0 Å². The number of carbonyl (C=O) groups excluding carboxylic acids is 4. The average molecular weight is 667 g/mol. The minimum atomic E-state index is -0.669. The molecule has 2 aliphatic rings. The van der Waals surface area contributed by atoms with Crippen molar-refractivity contribution in [2.24, 2.45) is 0 Å². The van der Waals surface area contributed by atoms with Gasteiger partial charge in [-0.2, -0.15) is 0 Å². The second-order valence-electron chi connectivity index (χ2n) is 10.9. The first-order valence-electron chi connectivity index (χ1n) is 15.6. The molecule has 0 radical (unpaired) electrons. The predicted octanol–water partition coefficient (Wildman–Crippen LogP) is 3.56. The largest absolute Gasteiger partial charge is 0.494 e. The number of benzene rings is 2. The Kier molecular flexibility index (Phi) is 13.2. The summed E-state index contributed by atoms with van der Waals surface area (Å²) in [5, 5.41) is 10.8. The van der Waals surface area contributed by atoms with Gasteiger partial charge in [-0.3, -0.25) is 0 Å². The van der Waals surface area contributed by atoms with Gasteiger partial charge in [-0.1, -0.05) is 24.3 Å². The molecule has 48 heavy (non-hydrogen) atoms. The molecule has 4 N–H and O–H groups in total. The molecule has 0 saturated carbocycles. The van der Waals surface area contributed by atoms with E-state index < -0.39 is 36.1 Å². The quantitative estimate of drug-likeness (QED) is 0.145. The molecule has 0 saturated heterocycles. The minimum Gasteiger partial charge on any atom is -0.494 e. The zero-order valence-corrected chi connectivity index (χ0v) is 27.5. The topological polar surface area (TPSA) is 172 Å². The van der Waals surface area contributed by atoms with Gasteiger partial charge < -0.3 is 49.7 Å². The van der Waals surface area contributed by atoms with Gasteiger partial charge in [0.2, 0.25) is 0 Å². The molecule has 0 aliphatic carbocycles. The molecule has 2 aliphatic heterocycles. The molecule has 0 bridgehead atoms. The fourth-order valence-corrected chi connectivity index (χ4v) is 5.12. The highest BCUT2D eigenvalue weighted by Gasteiger charge is 2.33. The summed E-state index contributed by atoms with van der Waals surface area (Å²) in [6.45, 7) is 4.98. The molecular weight excluding hydrogens is 624 g/mol. The van der Waals surface area contributed by atoms with Crippen molar-refractivity contribution in [1.82, 2.24) is 21.3 Å². The lowest BCUT2D eigenvalue weighted by Crippen LogP contribution is -2.45. The van der Waals surface area contributed by atoms with Crippen LogP contribution in [0.5, 0.6) is 11.5 Å². The van der Waals surface area contributed by atoms with Gasteiger partial charge >= 0.3 is 24.0 Å². The number of methoxy groups -OCH3 is 2. The molecule has 0 aromatic heterocycles. The van der Waals surface area contributed by atoms with Crippen LogP contribution in [0, 0.1) is 0 Å². The van der Waals surface area contributed by atoms with Gasteiger partial charge in [0.1, 0.15) is 24.7 Å². The van der Waals surface area contributed by atoms with Gasteiger partial charge in [0, 0.05) is 25.6 Å². The average Bonchev–Trinajstić information content (AvgIpc) is 3.06. The Labute approximate surface area is 279 Å². The maximum Gasteiger partial charge on any atom is 0.338 e. The lowest BCUT2D eigenvalue weighted by atomic mass is 9.95. The maximum atomic E-state index is 12.7. The number of allylic oxidation sites excluding steroid dienone is 2. The first-order valence-corrected chi connectivity index (χ1v) is 15.6. The summed E-state index contributed by atoms with van der Waals surface area (Å²) in [6, 6.07) is 12.2. The summed E-state index contributed by atoms with van der Waals surface area (Å²) in [7, 11) is 3.04. The van der Waals surface area contributed by atoms with Crippen LogP contribution in [0.3, 0.4) is 0 Å². The van der Waals surface area contributed by atoms with Crippen LogP contribution < -0.4 is 30.7 Å². The van der Waals surface area contributed by atoms with Crippen molar-refractivity contribution in [1.29, 1.82) is 0 Å². The first-order chi connectivity index (χ1) is 23.2. The third kappa shape index (κ3) is 9.72. The van der Waals surface area contributed by atoms with E-state index in [9.17, 15) is 19.2 Å². The van der Waals surface area contributed by atoms with Crippen LogP contribution in [0.25, 0.3) is 0 Å². The zero-order valence-electron chi connectivity index (χ0n) is 27.5. The Morgan fingerprint density at radius 1 is 0.583 bits per heavy atom. The van der Waals surface area contributed by atoms with E-state index in [1.54, 1.807) is 62.4 Å². The van der Waals surface area contributed by atoms with Crippen LogP contribution in [0.2, 0.25) is 0 Å². The number of hydrogen-bond acceptors (Lipinski definition) is 10. The summed E-state index contributed by atoms with van der Waals surface area (Å²) in [6.07, 6.45) is 1.48. The molecule has 0 fully saturated rings. The number of hydrogen-bond donors (Lipinski definition) is 4. The highest BCUT2D eigenvalue weighted by Crippen LogP contribution is 2.30. The molecule has 14 heteroatoms. The van der Waals surface area contributed by atoms with E-state index in [0.29, 0.717) is 58.4 Å². The third-order valence-corrected chi connectivity index (χ3v) is 7.52. The van der Waals surface area contributed by atoms with Crippen LogP contribution in [0.1, 0.15) is 49.9 Å². The van der Waals surface area contributed by atoms with Crippen LogP contribution in [0.4, 0.5) is 9.59 Å². The standard InChI is InChI=1S/C34H42N4O10/c1-21-27(31(39)47-19-17-43-3)29(37-33(41)35-21)23-7-11-25(12-8-23)45-15-5-6-16-46-26-13-9-24(10-14-26)30-28(22(2)36-34(42)38-30)32(40)48-20-18-44-4/h7-14,29-30H,5-6,15-20H2,1-4H3,(H2,35,37,41)(H2,36,38,42). The Hall–Kier alpha value is -5.08. The molecule has 2 aromatic carbocycles. The van der Waals surface area contributed by atoms with E-state index in [-0.39, 0.29) is 26.4 Å². The molecule has 2 heterocycles. The Morgan fingerprint density at radius 2 is 0.958 bits per heavy atom. The highest BCUT2D eigenvalue weighted by atomic mass is 16.6. The predicted molar refractivity (Wildman–Crippen MR) is 173 cm³/mol. The SMILES string of the molecule is COCCOC(=O)C1=C(C)NC(=O)NC1c1ccc(OCCCCOc2ccc(C3NC(=O)NC(C)=C3C(=O)OCCOC)cc2)cc1. The van der Waals surface area contributed by atoms with Gasteiger partial charge in [0.25, 0.3) is 0 Å². The molecule has 4 rings (SSSR count). The fourth-order valence-electron chi connectivity index (χ4n) is 5.12. The molecular formula is C34H42N4O10. The zero-order chi connectivity index (χ0) is 34.5. The molecule has 2 unspecified atom stereocenters. The van der Waals surface area contributed by atoms with Crippen LogP contribution >= 0.6 is 0 Å². The monoisotopic (exact) mass is 666 g/mol. The Balaban J connectivity index is 1.23. The molecule has 14 nitrogen and oxygen atoms in total. The van der Waals surface area contributed by atoms with Crippen LogP contribution in [-0.4, -0.2) is 77.9 Å². The number of amides is 4. The van der Waals surface area contributed by atoms with Crippen molar-refractivity contribution in [2.45, 2.75) is 38.8 Å². The molecule has 0 spiro atoms. The van der Waals surface area contributed by atoms with Crippen molar-refractivity contribution in [3.05, 3.63) is 82.2 Å². The van der Waals surface area contributed by atoms with Crippen LogP contribution in [0.15, 0.2) is 71.1 Å². The summed E-state index contributed by atoms with van der Waals surface area (Å²) in [5.74, 6) is 0.231. The number of unbranched alkanes of at least 4 members (excludes halogenated alkanes) is 1. The van der Waals surface area contributed by atoms with Crippen molar-refractivity contribution in [3.8, 4) is 11.5 Å². The molecule has 2 atom stereocenters. The number of esters is 2. The van der Waals surface area contributed by atoms with Gasteiger partial charge in [0.15, 0.2) is 0 Å². The van der Waals surface area contributed by atoms with E-state index in [0.717, 1.165) is 12.8 Å². The normalized spacial score (nSPS) is 17.5. The van der Waals surface area contributed by atoms with Crippen molar-refractivity contribution in [2.75, 3.05) is 53.9 Å². The van der Waals surface area contributed by atoms with Crippen LogP contribution in [-0.2, 0) is 28.5 Å². The van der Waals surface area contributed by atoms with E-state index in [4.69, 9.17) is 28.4 Å². The van der Waals surface area contributed by atoms with Gasteiger partial charge in [-0.15, -0.1) is 0 Å². The summed E-state index contributed by atoms with van der Waals surface area (Å²) >= 11 is 0. The van der Waals surface area contributed by atoms with Gasteiger partial charge in [-0.05, 0) is 62.1 Å². The second kappa shape index (κ2) is 17.7. The lowest BCUT2D eigenvalue weighted by Gasteiger charge is -2.28. The summed E-state index contributed by atoms with van der Waals surface area (Å²) in [5.41, 5.74) is 2.92. The molecule has 4 amide bonds. The van der Waals surface area contributed by atoms with Crippen molar-refractivity contribution >= 4 is 24.0 Å². The molecule has 258 valence electrons. The summed E-state index contributed by atoms with van der Waals surface area (Å²) in [4.78, 5) is 49.8. The second-order valence-corrected chi connectivity index (χ2v) is 10.9. The Morgan fingerprint density at radius 3 is 1.31 bits per heavy atom. The lowest BCUT2D eigenvalue weighted by molar-refractivity contribution is -0.141. The van der Waals surface area contributed by atoms with E-state index >= 15 is 0 Å². The molecule has 2 aromatic rings. The smallest absolute Gasteiger partial charge is 0.338 e. The first kappa shape index (κ1) is 35.8. The Bertz CT molecular complexity index is 1390. The number of ether oxygens (including phenoxy) is 6. The van der Waals surface area contributed by atoms with E-state index in [1.165, 1.54) is 14.2 Å². The van der Waals surface area contributed by atoms with E-state index in [1.807, 2.05) is 0 Å². The van der Waals surface area contributed by atoms with Gasteiger partial charge in [-0.25, -0.2) is 19.2 Å². The van der Waals surface area contributed by atoms with Gasteiger partial charge in [0.05, 0.1) is 49.7 Å². The number of urea groups is 2. The highest BCUT2D eigenvalue weighted by molar-refractivity contribution is 5.95. The minimum absolute atomic E-state index is 0.101. The summed E-state index contributed by atoms with van der Waals surface area (Å²) < 4.78 is 32.2. The number of nitrogens with one attached hydrogen (secondary N) is 4. The number of carbonyl (C=O) groups is 4. The maximum absolute atomic E-state index is 12.7. The number of rotatable bonds is 17. The fraction of sp³-hybridized carbons (Fsp3) is 0.412. The van der Waals surface area contributed by atoms with E-state index in [2.05, 4.69) is 21.3 Å². The van der Waals surface area contributed by atoms with Crippen molar-refractivity contribution < 1.29 is 47.6 Å².